The van der Waals surface area contributed by atoms with E-state index in [9.17, 15) is 0 Å². The van der Waals surface area contributed by atoms with Crippen molar-refractivity contribution in [1.82, 2.24) is 25.4 Å². The number of nitrogens with one attached hydrogen (secondary N) is 2. The molecule has 0 bridgehead atoms. The van der Waals surface area contributed by atoms with Gasteiger partial charge in [-0.15, -0.1) is 0 Å². The molecule has 2 aromatic rings. The van der Waals surface area contributed by atoms with E-state index >= 15 is 0 Å². The van der Waals surface area contributed by atoms with E-state index in [1.807, 2.05) is 19.4 Å². The minimum Gasteiger partial charge on any atom is -0.359 e. The molecule has 2 N–H and O–H groups in total. The van der Waals surface area contributed by atoms with Crippen molar-refractivity contribution < 1.29 is 0 Å². The van der Waals surface area contributed by atoms with Crippen LogP contribution in [0.2, 0.25) is 0 Å². The summed E-state index contributed by atoms with van der Waals surface area (Å²) in [5, 5.41) is 10.6. The molecule has 0 aromatic carbocycles. The highest BCUT2D eigenvalue weighted by Crippen LogP contribution is 2.23. The fourth-order valence-corrected chi connectivity index (χ4v) is 2.75. The zero-order valence-electron chi connectivity index (χ0n) is 15.5. The molecule has 6 nitrogen and oxygen atoms in total. The van der Waals surface area contributed by atoms with E-state index in [2.05, 4.69) is 70.4 Å². The molecule has 0 fully saturated rings. The van der Waals surface area contributed by atoms with Crippen molar-refractivity contribution in [3.05, 3.63) is 30.1 Å². The van der Waals surface area contributed by atoms with Gasteiger partial charge in [-0.05, 0) is 32.1 Å². The normalized spacial score (nSPS) is 11.5. The molecule has 0 saturated carbocycles. The lowest BCUT2D eigenvalue weighted by molar-refractivity contribution is 0.328. The monoisotopic (exact) mass is 330 g/mol. The number of aromatic nitrogens is 3. The lowest BCUT2D eigenvalue weighted by Crippen LogP contribution is -2.27. The molecule has 0 spiro atoms. The summed E-state index contributed by atoms with van der Waals surface area (Å²) in [6, 6.07) is 4.17. The van der Waals surface area contributed by atoms with E-state index in [4.69, 9.17) is 0 Å². The van der Waals surface area contributed by atoms with Crippen LogP contribution in [0.3, 0.4) is 0 Å². The second kappa shape index (κ2) is 8.80. The molecule has 132 valence electrons. The predicted molar refractivity (Wildman–Crippen MR) is 100 cm³/mol. The minimum atomic E-state index is 0.613. The molecule has 0 unspecified atom stereocenters. The highest BCUT2D eigenvalue weighted by Gasteiger charge is 2.12. The summed E-state index contributed by atoms with van der Waals surface area (Å²) in [5.74, 6) is 1.61. The van der Waals surface area contributed by atoms with Crippen molar-refractivity contribution in [3.8, 4) is 11.3 Å². The van der Waals surface area contributed by atoms with Gasteiger partial charge in [0.05, 0.1) is 5.69 Å². The van der Waals surface area contributed by atoms with Gasteiger partial charge in [-0.25, -0.2) is 4.98 Å². The lowest BCUT2D eigenvalue weighted by Gasteiger charge is -2.20. The molecule has 2 heterocycles. The molecule has 0 amide bonds. The molecule has 6 heteroatoms. The first-order chi connectivity index (χ1) is 11.5. The Morgan fingerprint density at radius 1 is 1.25 bits per heavy atom. The number of hydrogen-bond donors (Lipinski definition) is 2. The molecule has 0 radical (unpaired) electrons. The fraction of sp³-hybridized carbons (Fsp3) is 0.556. The van der Waals surface area contributed by atoms with Gasteiger partial charge in [-0.3, -0.25) is 5.10 Å². The molecular weight excluding hydrogens is 300 g/mol. The number of aromatic amines is 1. The topological polar surface area (TPSA) is 60.1 Å². The quantitative estimate of drug-likeness (QED) is 0.738. The van der Waals surface area contributed by atoms with E-state index in [1.165, 1.54) is 5.56 Å². The van der Waals surface area contributed by atoms with E-state index in [1.54, 1.807) is 0 Å². The van der Waals surface area contributed by atoms with Crippen LogP contribution < -0.4 is 10.2 Å². The van der Waals surface area contributed by atoms with Crippen molar-refractivity contribution in [3.63, 3.8) is 0 Å². The van der Waals surface area contributed by atoms with Gasteiger partial charge in [0.2, 0.25) is 0 Å². The third-order valence-corrected chi connectivity index (χ3v) is 3.95. The molecular formula is C18H30N6. The predicted octanol–water partition coefficient (Wildman–Crippen LogP) is 2.22. The number of rotatable bonds is 9. The number of anilines is 1. The first-order valence-corrected chi connectivity index (χ1v) is 8.54. The summed E-state index contributed by atoms with van der Waals surface area (Å²) in [6.45, 7) is 8.26. The first-order valence-electron chi connectivity index (χ1n) is 8.54. The van der Waals surface area contributed by atoms with Crippen molar-refractivity contribution in [2.45, 2.75) is 20.4 Å². The van der Waals surface area contributed by atoms with Gasteiger partial charge in [0, 0.05) is 56.7 Å². The summed E-state index contributed by atoms with van der Waals surface area (Å²) in [7, 11) is 6.18. The van der Waals surface area contributed by atoms with E-state index in [-0.39, 0.29) is 0 Å². The maximum absolute atomic E-state index is 4.61. The molecule has 2 aromatic heterocycles. The van der Waals surface area contributed by atoms with Gasteiger partial charge in [-0.1, -0.05) is 13.8 Å². The summed E-state index contributed by atoms with van der Waals surface area (Å²) < 4.78 is 0. The van der Waals surface area contributed by atoms with Gasteiger partial charge in [0.25, 0.3) is 0 Å². The molecule has 0 saturated heterocycles. The van der Waals surface area contributed by atoms with E-state index < -0.39 is 0 Å². The SMILES string of the molecule is CNCCN(C)Cc1c[nH]nc1-c1ccc(N(C)CC(C)C)nc1. The zero-order valence-corrected chi connectivity index (χ0v) is 15.5. The fourth-order valence-electron chi connectivity index (χ4n) is 2.75. The summed E-state index contributed by atoms with van der Waals surface area (Å²) in [6.07, 6.45) is 3.89. The Balaban J connectivity index is 2.08. The first kappa shape index (κ1) is 18.4. The van der Waals surface area contributed by atoms with Crippen LogP contribution in [0.1, 0.15) is 19.4 Å². The second-order valence-electron chi connectivity index (χ2n) is 6.78. The van der Waals surface area contributed by atoms with Gasteiger partial charge in [0.15, 0.2) is 0 Å². The zero-order chi connectivity index (χ0) is 17.5. The Bertz CT molecular complexity index is 604. The van der Waals surface area contributed by atoms with Crippen LogP contribution in [0.15, 0.2) is 24.5 Å². The molecule has 2 rings (SSSR count). The third kappa shape index (κ3) is 5.04. The summed E-state index contributed by atoms with van der Waals surface area (Å²) >= 11 is 0. The second-order valence-corrected chi connectivity index (χ2v) is 6.78. The maximum Gasteiger partial charge on any atom is 0.128 e. The Labute approximate surface area is 145 Å². The van der Waals surface area contributed by atoms with E-state index in [0.29, 0.717) is 5.92 Å². The smallest absolute Gasteiger partial charge is 0.128 e. The molecule has 0 aliphatic rings. The van der Waals surface area contributed by atoms with Gasteiger partial charge < -0.3 is 15.1 Å². The average molecular weight is 330 g/mol. The number of likely N-dealkylation sites (N-methyl/N-ethyl adjacent to an activating group) is 2. The Morgan fingerprint density at radius 2 is 2.04 bits per heavy atom. The Kier molecular flexibility index (Phi) is 6.75. The van der Waals surface area contributed by atoms with Crippen molar-refractivity contribution >= 4 is 5.82 Å². The van der Waals surface area contributed by atoms with Crippen molar-refractivity contribution in [2.24, 2.45) is 5.92 Å². The van der Waals surface area contributed by atoms with Crippen LogP contribution in [0.4, 0.5) is 5.82 Å². The molecule has 24 heavy (non-hydrogen) atoms. The number of pyridine rings is 1. The maximum atomic E-state index is 4.61. The third-order valence-electron chi connectivity index (χ3n) is 3.95. The number of nitrogens with zero attached hydrogens (tertiary/aromatic N) is 4. The van der Waals surface area contributed by atoms with Crippen LogP contribution in [0.25, 0.3) is 11.3 Å². The van der Waals surface area contributed by atoms with Gasteiger partial charge in [-0.2, -0.15) is 5.10 Å². The van der Waals surface area contributed by atoms with Gasteiger partial charge in [0.1, 0.15) is 5.82 Å². The highest BCUT2D eigenvalue weighted by molar-refractivity contribution is 5.63. The van der Waals surface area contributed by atoms with Crippen molar-refractivity contribution in [2.75, 3.05) is 45.7 Å². The van der Waals surface area contributed by atoms with Gasteiger partial charge >= 0.3 is 0 Å². The molecule has 0 atom stereocenters. The van der Waals surface area contributed by atoms with Crippen LogP contribution in [-0.4, -0.2) is 60.9 Å². The molecule has 0 aliphatic carbocycles. The summed E-state index contributed by atoms with van der Waals surface area (Å²) in [4.78, 5) is 9.07. The Morgan fingerprint density at radius 3 is 2.67 bits per heavy atom. The minimum absolute atomic E-state index is 0.613. The summed E-state index contributed by atoms with van der Waals surface area (Å²) in [5.41, 5.74) is 3.23. The van der Waals surface area contributed by atoms with Crippen LogP contribution in [0.5, 0.6) is 0 Å². The highest BCUT2D eigenvalue weighted by atomic mass is 15.2. The van der Waals surface area contributed by atoms with Crippen molar-refractivity contribution in [1.29, 1.82) is 0 Å². The molecule has 0 aliphatic heterocycles. The van der Waals surface area contributed by atoms with Crippen LogP contribution in [-0.2, 0) is 6.54 Å². The van der Waals surface area contributed by atoms with Crippen LogP contribution >= 0.6 is 0 Å². The largest absolute Gasteiger partial charge is 0.359 e. The van der Waals surface area contributed by atoms with E-state index in [0.717, 1.165) is 43.3 Å². The number of H-pyrrole nitrogens is 1. The lowest BCUT2D eigenvalue weighted by atomic mass is 10.1. The standard InChI is InChI=1S/C18H30N6/c1-14(2)12-24(5)17-7-6-15(10-20-17)18-16(11-21-22-18)13-23(4)9-8-19-3/h6-7,10-11,14,19H,8-9,12-13H2,1-5H3,(H,21,22). The van der Waals surface area contributed by atoms with Crippen LogP contribution in [0, 0.1) is 5.92 Å². The average Bonchev–Trinajstić information content (AvgIpc) is 3.00. The number of hydrogen-bond acceptors (Lipinski definition) is 5. The Hall–Kier alpha value is -1.92.